The first-order chi connectivity index (χ1) is 9.81. The molecule has 0 atom stereocenters. The molecule has 0 amide bonds. The van der Waals surface area contributed by atoms with Gasteiger partial charge in [-0.25, -0.2) is 17.6 Å². The average Bonchev–Trinajstić information content (AvgIpc) is 2.36. The largest absolute Gasteiger partial charge is 0.508 e. The number of aromatic hydroxyl groups is 1. The van der Waals surface area contributed by atoms with E-state index < -0.39 is 47.2 Å². The summed E-state index contributed by atoms with van der Waals surface area (Å²) in [4.78, 5) is 11.9. The van der Waals surface area contributed by atoms with Crippen molar-refractivity contribution in [2.75, 3.05) is 0 Å². The molecule has 0 fully saturated rings. The third-order valence-electron chi connectivity index (χ3n) is 2.86. The summed E-state index contributed by atoms with van der Waals surface area (Å²) in [5, 5.41) is 9.10. The number of rotatable bonds is 3. The minimum atomic E-state index is -2.88. The Bertz CT molecular complexity index is 723. The van der Waals surface area contributed by atoms with E-state index in [1.807, 2.05) is 0 Å². The second-order valence-corrected chi connectivity index (χ2v) is 4.41. The molecule has 0 aliphatic heterocycles. The Morgan fingerprint density at radius 2 is 1.82 bits per heavy atom. The number of phenols is 1. The second-order valence-electron chi connectivity index (χ2n) is 4.41. The molecular formula is C14H10F4NO2Y-. The number of halogens is 4. The molecule has 0 saturated carbocycles. The number of phenolic OH excluding ortho intramolecular Hbond substituents is 1. The number of pyridine rings is 1. The van der Waals surface area contributed by atoms with Crippen molar-refractivity contribution in [1.82, 2.24) is 4.57 Å². The molecule has 2 rings (SSSR count). The van der Waals surface area contributed by atoms with E-state index in [2.05, 4.69) is 6.07 Å². The van der Waals surface area contributed by atoms with Gasteiger partial charge in [-0.2, -0.15) is 12.1 Å². The van der Waals surface area contributed by atoms with E-state index in [0.717, 1.165) is 0 Å². The van der Waals surface area contributed by atoms with Gasteiger partial charge in [0, 0.05) is 44.8 Å². The fraction of sp³-hybridized carbons (Fsp3) is 0.214. The molecule has 22 heavy (non-hydrogen) atoms. The van der Waals surface area contributed by atoms with Crippen LogP contribution < -0.4 is 5.56 Å². The van der Waals surface area contributed by atoms with Crippen LogP contribution in [0.1, 0.15) is 5.56 Å². The molecule has 0 aliphatic carbocycles. The van der Waals surface area contributed by atoms with Crippen LogP contribution in [0.2, 0.25) is 0 Å². The molecule has 0 saturated heterocycles. The van der Waals surface area contributed by atoms with Gasteiger partial charge in [0.15, 0.2) is 5.56 Å². The van der Waals surface area contributed by atoms with Crippen LogP contribution in [0.3, 0.4) is 0 Å². The van der Waals surface area contributed by atoms with Crippen molar-refractivity contribution >= 4 is 0 Å². The van der Waals surface area contributed by atoms with E-state index in [4.69, 9.17) is 5.11 Å². The average molecular weight is 389 g/mol. The second kappa shape index (κ2) is 7.37. The van der Waals surface area contributed by atoms with Crippen LogP contribution in [0.5, 0.6) is 5.75 Å². The first-order valence-electron chi connectivity index (χ1n) is 5.90. The van der Waals surface area contributed by atoms with Gasteiger partial charge in [-0.1, -0.05) is 18.2 Å². The smallest absolute Gasteiger partial charge is 0.256 e. The molecular weight excluding hydrogens is 379 g/mol. The SMILES string of the molecule is Cc1c[c-]c(-c2c(F)cc(O)cc2F)n(CC(F)F)c1=O.[Y]. The first kappa shape index (κ1) is 18.8. The molecule has 0 spiro atoms. The monoisotopic (exact) mass is 389 g/mol. The van der Waals surface area contributed by atoms with Crippen LogP contribution in [0.25, 0.3) is 11.3 Å². The van der Waals surface area contributed by atoms with E-state index in [9.17, 15) is 22.4 Å². The van der Waals surface area contributed by atoms with Gasteiger partial charge in [0.2, 0.25) is 0 Å². The number of alkyl halides is 2. The summed E-state index contributed by atoms with van der Waals surface area (Å²) in [5.41, 5.74) is -1.78. The van der Waals surface area contributed by atoms with Crippen molar-refractivity contribution in [3.8, 4) is 17.0 Å². The Balaban J connectivity index is 0.00000242. The standard InChI is InChI=1S/C14H10F4NO2.Y/c1-7-2-3-11(19(14(7)21)6-12(17)18)13-9(15)4-8(20)5-10(13)16;/h2,4-5,12,20H,6H2,1H3;/q-1;. The van der Waals surface area contributed by atoms with Crippen LogP contribution in [-0.2, 0) is 39.3 Å². The van der Waals surface area contributed by atoms with Gasteiger partial charge < -0.3 is 9.67 Å². The molecule has 0 unspecified atom stereocenters. The zero-order chi connectivity index (χ0) is 15.7. The van der Waals surface area contributed by atoms with Crippen molar-refractivity contribution < 1.29 is 55.4 Å². The van der Waals surface area contributed by atoms with Crippen LogP contribution in [0, 0.1) is 24.6 Å². The summed E-state index contributed by atoms with van der Waals surface area (Å²) in [6, 6.07) is 4.87. The maximum Gasteiger partial charge on any atom is 0.256 e. The molecule has 0 aliphatic rings. The predicted octanol–water partition coefficient (Wildman–Crippen LogP) is 2.87. The van der Waals surface area contributed by atoms with Crippen LogP contribution >= 0.6 is 0 Å². The van der Waals surface area contributed by atoms with Gasteiger partial charge in [0.05, 0.1) is 18.2 Å². The summed E-state index contributed by atoms with van der Waals surface area (Å²) in [6.07, 6.45) is -2.88. The van der Waals surface area contributed by atoms with Crippen molar-refractivity contribution in [3.63, 3.8) is 0 Å². The van der Waals surface area contributed by atoms with E-state index in [1.165, 1.54) is 13.0 Å². The quantitative estimate of drug-likeness (QED) is 0.648. The number of hydrogen-bond donors (Lipinski definition) is 1. The molecule has 1 N–H and O–H groups in total. The Morgan fingerprint density at radius 1 is 1.27 bits per heavy atom. The third-order valence-corrected chi connectivity index (χ3v) is 2.86. The summed E-state index contributed by atoms with van der Waals surface area (Å²) in [5.74, 6) is -2.99. The Hall–Kier alpha value is -1.21. The zero-order valence-corrected chi connectivity index (χ0v) is 14.2. The van der Waals surface area contributed by atoms with Crippen LogP contribution in [-0.4, -0.2) is 16.1 Å². The number of nitrogens with zero attached hydrogens (tertiary/aromatic N) is 1. The summed E-state index contributed by atoms with van der Waals surface area (Å²) in [6.45, 7) is 0.375. The minimum absolute atomic E-state index is 0. The number of aromatic nitrogens is 1. The molecule has 1 radical (unpaired) electrons. The minimum Gasteiger partial charge on any atom is -0.508 e. The number of benzene rings is 1. The number of aryl methyl sites for hydroxylation is 1. The van der Waals surface area contributed by atoms with Crippen molar-refractivity contribution in [2.45, 2.75) is 19.9 Å². The molecule has 8 heteroatoms. The van der Waals surface area contributed by atoms with Crippen molar-refractivity contribution in [2.24, 2.45) is 0 Å². The predicted molar refractivity (Wildman–Crippen MR) is 67.3 cm³/mol. The normalized spacial score (nSPS) is 10.6. The van der Waals surface area contributed by atoms with Gasteiger partial charge in [-0.15, -0.1) is 0 Å². The van der Waals surface area contributed by atoms with Gasteiger partial charge in [-0.05, 0) is 5.56 Å². The van der Waals surface area contributed by atoms with Crippen LogP contribution in [0.4, 0.5) is 17.6 Å². The van der Waals surface area contributed by atoms with Crippen molar-refractivity contribution in [3.05, 3.63) is 51.8 Å². The topological polar surface area (TPSA) is 42.2 Å². The zero-order valence-electron chi connectivity index (χ0n) is 11.4. The summed E-state index contributed by atoms with van der Waals surface area (Å²) in [7, 11) is 0. The molecule has 1 heterocycles. The molecule has 1 aromatic heterocycles. The number of hydrogen-bond acceptors (Lipinski definition) is 2. The Kier molecular flexibility index (Phi) is 6.31. The van der Waals surface area contributed by atoms with Gasteiger partial charge in [0.25, 0.3) is 6.43 Å². The molecule has 1 aromatic carbocycles. The maximum absolute atomic E-state index is 13.8. The van der Waals surface area contributed by atoms with Crippen LogP contribution in [0.15, 0.2) is 23.0 Å². The molecule has 2 aromatic rings. The van der Waals surface area contributed by atoms with E-state index in [-0.39, 0.29) is 38.3 Å². The van der Waals surface area contributed by atoms with Gasteiger partial charge >= 0.3 is 0 Å². The Labute approximate surface area is 148 Å². The Morgan fingerprint density at radius 3 is 2.32 bits per heavy atom. The maximum atomic E-state index is 13.8. The summed E-state index contributed by atoms with van der Waals surface area (Å²) < 4.78 is 53.4. The van der Waals surface area contributed by atoms with Gasteiger partial charge in [-0.3, -0.25) is 4.79 Å². The summed E-state index contributed by atoms with van der Waals surface area (Å²) >= 11 is 0. The molecule has 3 nitrogen and oxygen atoms in total. The molecule has 0 bridgehead atoms. The fourth-order valence-corrected chi connectivity index (χ4v) is 1.94. The fourth-order valence-electron chi connectivity index (χ4n) is 1.94. The molecule has 115 valence electrons. The van der Waals surface area contributed by atoms with Gasteiger partial charge in [0.1, 0.15) is 5.75 Å². The van der Waals surface area contributed by atoms with E-state index >= 15 is 0 Å². The van der Waals surface area contributed by atoms with Crippen molar-refractivity contribution in [1.29, 1.82) is 0 Å². The first-order valence-corrected chi connectivity index (χ1v) is 5.90. The van der Waals surface area contributed by atoms with E-state index in [0.29, 0.717) is 16.7 Å². The van der Waals surface area contributed by atoms with E-state index in [1.54, 1.807) is 0 Å². The third kappa shape index (κ3) is 3.76.